The molecule has 0 radical (unpaired) electrons. The van der Waals surface area contributed by atoms with Crippen LogP contribution in [0.4, 0.5) is 5.82 Å². The van der Waals surface area contributed by atoms with Gasteiger partial charge in [-0.25, -0.2) is 9.97 Å². The van der Waals surface area contributed by atoms with Gasteiger partial charge in [-0.05, 0) is 12.3 Å². The first kappa shape index (κ1) is 14.0. The van der Waals surface area contributed by atoms with Crippen LogP contribution in [0.3, 0.4) is 0 Å². The SMILES string of the molecule is CCCOc1cc(NC(CCl)C(C)C)ncn1. The van der Waals surface area contributed by atoms with Gasteiger partial charge in [0, 0.05) is 18.0 Å². The first-order valence-electron chi connectivity index (χ1n) is 5.94. The normalized spacial score (nSPS) is 12.5. The van der Waals surface area contributed by atoms with E-state index in [0.29, 0.717) is 24.3 Å². The van der Waals surface area contributed by atoms with Crippen molar-refractivity contribution in [1.82, 2.24) is 9.97 Å². The Hall–Kier alpha value is -1.03. The molecule has 1 N–H and O–H groups in total. The molecule has 0 aliphatic heterocycles. The van der Waals surface area contributed by atoms with Crippen LogP contribution in [0.25, 0.3) is 0 Å². The third-order valence-electron chi connectivity index (χ3n) is 2.40. The van der Waals surface area contributed by atoms with E-state index >= 15 is 0 Å². The number of alkyl halides is 1. The van der Waals surface area contributed by atoms with Gasteiger partial charge in [0.2, 0.25) is 5.88 Å². The smallest absolute Gasteiger partial charge is 0.218 e. The van der Waals surface area contributed by atoms with Gasteiger partial charge in [-0.2, -0.15) is 0 Å². The van der Waals surface area contributed by atoms with Gasteiger partial charge in [0.1, 0.15) is 12.1 Å². The van der Waals surface area contributed by atoms with Gasteiger partial charge < -0.3 is 10.1 Å². The topological polar surface area (TPSA) is 47.0 Å². The highest BCUT2D eigenvalue weighted by atomic mass is 35.5. The summed E-state index contributed by atoms with van der Waals surface area (Å²) in [5.74, 6) is 2.35. The molecule has 96 valence electrons. The quantitative estimate of drug-likeness (QED) is 0.763. The Bertz CT molecular complexity index is 333. The Kier molecular flexibility index (Phi) is 6.05. The van der Waals surface area contributed by atoms with Crippen LogP contribution in [0.15, 0.2) is 12.4 Å². The predicted molar refractivity (Wildman–Crippen MR) is 70.8 cm³/mol. The number of nitrogens with one attached hydrogen (secondary N) is 1. The number of anilines is 1. The number of ether oxygens (including phenoxy) is 1. The molecule has 5 heteroatoms. The Labute approximate surface area is 108 Å². The fourth-order valence-electron chi connectivity index (χ4n) is 1.28. The summed E-state index contributed by atoms with van der Waals surface area (Å²) in [6, 6.07) is 2.00. The zero-order valence-corrected chi connectivity index (χ0v) is 11.4. The fraction of sp³-hybridized carbons (Fsp3) is 0.667. The molecule has 0 saturated carbocycles. The van der Waals surface area contributed by atoms with Gasteiger partial charge in [0.15, 0.2) is 0 Å². The molecule has 1 atom stereocenters. The minimum Gasteiger partial charge on any atom is -0.478 e. The lowest BCUT2D eigenvalue weighted by atomic mass is 10.1. The summed E-state index contributed by atoms with van der Waals surface area (Å²) in [6.45, 7) is 6.97. The van der Waals surface area contributed by atoms with E-state index in [1.54, 1.807) is 6.07 Å². The van der Waals surface area contributed by atoms with Crippen LogP contribution in [-0.2, 0) is 0 Å². The van der Waals surface area contributed by atoms with Crippen molar-refractivity contribution in [1.29, 1.82) is 0 Å². The molecule has 1 aromatic heterocycles. The Morgan fingerprint density at radius 2 is 2.18 bits per heavy atom. The van der Waals surface area contributed by atoms with Crippen molar-refractivity contribution < 1.29 is 4.74 Å². The average Bonchev–Trinajstić information content (AvgIpc) is 2.33. The van der Waals surface area contributed by atoms with E-state index in [2.05, 4.69) is 36.1 Å². The summed E-state index contributed by atoms with van der Waals surface area (Å²) in [4.78, 5) is 8.21. The fourth-order valence-corrected chi connectivity index (χ4v) is 1.71. The molecule has 1 aromatic rings. The van der Waals surface area contributed by atoms with Crippen LogP contribution in [-0.4, -0.2) is 28.5 Å². The molecule has 0 saturated heterocycles. The van der Waals surface area contributed by atoms with Crippen molar-refractivity contribution in [3.05, 3.63) is 12.4 Å². The van der Waals surface area contributed by atoms with Crippen LogP contribution >= 0.6 is 11.6 Å². The lowest BCUT2D eigenvalue weighted by Gasteiger charge is -2.20. The maximum atomic E-state index is 5.90. The maximum Gasteiger partial charge on any atom is 0.218 e. The Morgan fingerprint density at radius 1 is 1.41 bits per heavy atom. The highest BCUT2D eigenvalue weighted by Crippen LogP contribution is 2.15. The Morgan fingerprint density at radius 3 is 2.76 bits per heavy atom. The highest BCUT2D eigenvalue weighted by molar-refractivity contribution is 6.18. The minimum absolute atomic E-state index is 0.200. The molecule has 0 spiro atoms. The molecule has 0 amide bonds. The van der Waals surface area contributed by atoms with Gasteiger partial charge in [-0.1, -0.05) is 20.8 Å². The first-order chi connectivity index (χ1) is 8.17. The highest BCUT2D eigenvalue weighted by Gasteiger charge is 2.12. The van der Waals surface area contributed by atoms with Gasteiger partial charge in [-0.3, -0.25) is 0 Å². The largest absolute Gasteiger partial charge is 0.478 e. The van der Waals surface area contributed by atoms with Gasteiger partial charge in [-0.15, -0.1) is 11.6 Å². The molecule has 0 fully saturated rings. The lowest BCUT2D eigenvalue weighted by Crippen LogP contribution is -2.27. The van der Waals surface area contributed by atoms with Crippen molar-refractivity contribution in [2.45, 2.75) is 33.2 Å². The third kappa shape index (κ3) is 4.77. The van der Waals surface area contributed by atoms with Crippen LogP contribution < -0.4 is 10.1 Å². The Balaban J connectivity index is 2.64. The minimum atomic E-state index is 0.200. The van der Waals surface area contributed by atoms with Crippen molar-refractivity contribution in [2.24, 2.45) is 5.92 Å². The van der Waals surface area contributed by atoms with E-state index in [9.17, 15) is 0 Å². The molecular weight excluding hydrogens is 238 g/mol. The molecule has 17 heavy (non-hydrogen) atoms. The maximum absolute atomic E-state index is 5.90. The van der Waals surface area contributed by atoms with E-state index in [-0.39, 0.29) is 6.04 Å². The molecule has 0 aromatic carbocycles. The zero-order valence-electron chi connectivity index (χ0n) is 10.6. The van der Waals surface area contributed by atoms with Gasteiger partial charge >= 0.3 is 0 Å². The summed E-state index contributed by atoms with van der Waals surface area (Å²) in [5, 5.41) is 3.28. The van der Waals surface area contributed by atoms with Crippen molar-refractivity contribution in [3.63, 3.8) is 0 Å². The van der Waals surface area contributed by atoms with Crippen LogP contribution in [0.2, 0.25) is 0 Å². The first-order valence-corrected chi connectivity index (χ1v) is 6.48. The number of hydrogen-bond donors (Lipinski definition) is 1. The molecule has 4 nitrogen and oxygen atoms in total. The van der Waals surface area contributed by atoms with E-state index in [0.717, 1.165) is 12.2 Å². The zero-order chi connectivity index (χ0) is 12.7. The molecular formula is C12H20ClN3O. The van der Waals surface area contributed by atoms with Crippen LogP contribution in [0.1, 0.15) is 27.2 Å². The number of aromatic nitrogens is 2. The van der Waals surface area contributed by atoms with E-state index in [1.165, 1.54) is 6.33 Å². The van der Waals surface area contributed by atoms with Gasteiger partial charge in [0.05, 0.1) is 6.61 Å². The van der Waals surface area contributed by atoms with Crippen LogP contribution in [0.5, 0.6) is 5.88 Å². The molecule has 1 rings (SSSR count). The molecule has 0 bridgehead atoms. The van der Waals surface area contributed by atoms with E-state index in [1.807, 2.05) is 0 Å². The molecule has 0 aliphatic rings. The summed E-state index contributed by atoms with van der Waals surface area (Å²) in [5.41, 5.74) is 0. The number of rotatable bonds is 7. The van der Waals surface area contributed by atoms with Gasteiger partial charge in [0.25, 0.3) is 0 Å². The standard InChI is InChI=1S/C12H20ClN3O/c1-4-5-17-12-6-11(14-8-15-12)16-10(7-13)9(2)3/h6,8-10H,4-5,7H2,1-3H3,(H,14,15,16). The monoisotopic (exact) mass is 257 g/mol. The number of hydrogen-bond acceptors (Lipinski definition) is 4. The predicted octanol–water partition coefficient (Wildman–Crippen LogP) is 2.94. The lowest BCUT2D eigenvalue weighted by molar-refractivity contribution is 0.305. The second-order valence-electron chi connectivity index (χ2n) is 4.24. The summed E-state index contributed by atoms with van der Waals surface area (Å²) >= 11 is 5.90. The molecule has 1 unspecified atom stereocenters. The summed E-state index contributed by atoms with van der Waals surface area (Å²) in [6.07, 6.45) is 2.46. The van der Waals surface area contributed by atoms with Crippen LogP contribution in [0, 0.1) is 5.92 Å². The second-order valence-corrected chi connectivity index (χ2v) is 4.55. The molecule has 0 aliphatic carbocycles. The summed E-state index contributed by atoms with van der Waals surface area (Å²) in [7, 11) is 0. The van der Waals surface area contributed by atoms with Crippen molar-refractivity contribution in [2.75, 3.05) is 17.8 Å². The molecule has 1 heterocycles. The second kappa shape index (κ2) is 7.33. The van der Waals surface area contributed by atoms with Crippen molar-refractivity contribution in [3.8, 4) is 5.88 Å². The number of nitrogens with zero attached hydrogens (tertiary/aromatic N) is 2. The number of halogens is 1. The van der Waals surface area contributed by atoms with Crippen molar-refractivity contribution >= 4 is 17.4 Å². The van der Waals surface area contributed by atoms with E-state index < -0.39 is 0 Å². The third-order valence-corrected chi connectivity index (χ3v) is 2.73. The van der Waals surface area contributed by atoms with E-state index in [4.69, 9.17) is 16.3 Å². The average molecular weight is 258 g/mol. The summed E-state index contributed by atoms with van der Waals surface area (Å²) < 4.78 is 5.45.